The van der Waals surface area contributed by atoms with E-state index in [1.807, 2.05) is 6.92 Å². The van der Waals surface area contributed by atoms with Crippen LogP contribution in [0.25, 0.3) is 0 Å². The highest BCUT2D eigenvalue weighted by molar-refractivity contribution is 5.04. The van der Waals surface area contributed by atoms with Crippen LogP contribution < -0.4 is 5.32 Å². The molecule has 3 atom stereocenters. The number of aromatic nitrogens is 2. The first kappa shape index (κ1) is 16.4. The third-order valence-electron chi connectivity index (χ3n) is 4.47. The van der Waals surface area contributed by atoms with Crippen molar-refractivity contribution < 1.29 is 9.26 Å². The van der Waals surface area contributed by atoms with E-state index in [4.69, 9.17) is 9.26 Å². The van der Waals surface area contributed by atoms with E-state index in [1.54, 1.807) is 0 Å². The Hall–Kier alpha value is -0.940. The maximum Gasteiger partial charge on any atom is 0.240 e. The molecule has 1 aliphatic rings. The van der Waals surface area contributed by atoms with E-state index in [-0.39, 0.29) is 5.60 Å². The third-order valence-corrected chi connectivity index (χ3v) is 4.47. The molecule has 1 aromatic heterocycles. The summed E-state index contributed by atoms with van der Waals surface area (Å²) < 4.78 is 11.5. The third kappa shape index (κ3) is 4.04. The summed E-state index contributed by atoms with van der Waals surface area (Å²) >= 11 is 0. The molecule has 5 nitrogen and oxygen atoms in total. The molecule has 1 heterocycles. The predicted molar refractivity (Wildman–Crippen MR) is 81.8 cm³/mol. The molecular weight excluding hydrogens is 266 g/mol. The minimum absolute atomic E-state index is 0.343. The number of rotatable bonds is 7. The first-order chi connectivity index (χ1) is 10.1. The van der Waals surface area contributed by atoms with Crippen molar-refractivity contribution in [2.75, 3.05) is 6.61 Å². The standard InChI is InChI=1S/C16H29N3O2/c1-5-13(4)17-11-14-18-15(19-21-14)16(20-6-2)9-7-8-12(3)10-16/h12-13,17H,5-11H2,1-4H3. The summed E-state index contributed by atoms with van der Waals surface area (Å²) in [5.74, 6) is 2.03. The van der Waals surface area contributed by atoms with Crippen LogP contribution in [0, 0.1) is 5.92 Å². The average molecular weight is 295 g/mol. The SMILES string of the molecule is CCOC1(c2noc(CNC(C)CC)n2)CCCC(C)C1. The molecule has 5 heteroatoms. The van der Waals surface area contributed by atoms with Gasteiger partial charge in [0.1, 0.15) is 5.60 Å². The molecule has 3 unspecified atom stereocenters. The summed E-state index contributed by atoms with van der Waals surface area (Å²) in [5, 5.41) is 7.60. The van der Waals surface area contributed by atoms with Crippen molar-refractivity contribution in [1.29, 1.82) is 0 Å². The van der Waals surface area contributed by atoms with Crippen molar-refractivity contribution in [3.63, 3.8) is 0 Å². The van der Waals surface area contributed by atoms with E-state index in [1.165, 1.54) is 6.42 Å². The fourth-order valence-electron chi connectivity index (χ4n) is 3.10. The lowest BCUT2D eigenvalue weighted by molar-refractivity contribution is -0.0891. The van der Waals surface area contributed by atoms with Gasteiger partial charge in [0, 0.05) is 12.6 Å². The molecule has 0 radical (unpaired) electrons. The highest BCUT2D eigenvalue weighted by Gasteiger charge is 2.41. The van der Waals surface area contributed by atoms with Gasteiger partial charge in [-0.3, -0.25) is 0 Å². The van der Waals surface area contributed by atoms with Crippen LogP contribution in [0.15, 0.2) is 4.52 Å². The van der Waals surface area contributed by atoms with Gasteiger partial charge in [-0.25, -0.2) is 0 Å². The largest absolute Gasteiger partial charge is 0.367 e. The maximum absolute atomic E-state index is 6.08. The van der Waals surface area contributed by atoms with Gasteiger partial charge in [0.15, 0.2) is 0 Å². The monoisotopic (exact) mass is 295 g/mol. The molecule has 0 aliphatic heterocycles. The molecule has 120 valence electrons. The molecular formula is C16H29N3O2. The zero-order valence-electron chi connectivity index (χ0n) is 13.8. The lowest BCUT2D eigenvalue weighted by Crippen LogP contribution is -2.36. The Morgan fingerprint density at radius 2 is 2.29 bits per heavy atom. The Balaban J connectivity index is 2.08. The predicted octanol–water partition coefficient (Wildman–Crippen LogP) is 3.40. The zero-order chi connectivity index (χ0) is 15.3. The molecule has 0 aromatic carbocycles. The minimum Gasteiger partial charge on any atom is -0.367 e. The highest BCUT2D eigenvalue weighted by atomic mass is 16.5. The molecule has 1 saturated carbocycles. The van der Waals surface area contributed by atoms with Crippen molar-refractivity contribution >= 4 is 0 Å². The van der Waals surface area contributed by atoms with Gasteiger partial charge < -0.3 is 14.6 Å². The van der Waals surface area contributed by atoms with Gasteiger partial charge in [0.2, 0.25) is 11.7 Å². The van der Waals surface area contributed by atoms with Crippen LogP contribution in [-0.2, 0) is 16.9 Å². The molecule has 1 fully saturated rings. The molecule has 21 heavy (non-hydrogen) atoms. The molecule has 2 rings (SSSR count). The molecule has 1 aromatic rings. The fraction of sp³-hybridized carbons (Fsp3) is 0.875. The van der Waals surface area contributed by atoms with Gasteiger partial charge in [0.05, 0.1) is 6.54 Å². The average Bonchev–Trinajstić information content (AvgIpc) is 2.94. The second kappa shape index (κ2) is 7.36. The molecule has 1 aliphatic carbocycles. The van der Waals surface area contributed by atoms with Crippen molar-refractivity contribution in [3.05, 3.63) is 11.7 Å². The van der Waals surface area contributed by atoms with E-state index in [9.17, 15) is 0 Å². The number of hydrogen-bond acceptors (Lipinski definition) is 5. The van der Waals surface area contributed by atoms with Crippen LogP contribution >= 0.6 is 0 Å². The van der Waals surface area contributed by atoms with Crippen molar-refractivity contribution in [1.82, 2.24) is 15.5 Å². The quantitative estimate of drug-likeness (QED) is 0.835. The summed E-state index contributed by atoms with van der Waals surface area (Å²) in [6.07, 6.45) is 5.48. The van der Waals surface area contributed by atoms with Gasteiger partial charge in [0.25, 0.3) is 0 Å². The second-order valence-corrected chi connectivity index (χ2v) is 6.33. The molecule has 0 bridgehead atoms. The maximum atomic E-state index is 6.08. The van der Waals surface area contributed by atoms with Crippen molar-refractivity contribution in [3.8, 4) is 0 Å². The lowest BCUT2D eigenvalue weighted by Gasteiger charge is -2.37. The van der Waals surface area contributed by atoms with Crippen LogP contribution in [0.5, 0.6) is 0 Å². The first-order valence-electron chi connectivity index (χ1n) is 8.30. The fourth-order valence-corrected chi connectivity index (χ4v) is 3.10. The Labute approximate surface area is 127 Å². The molecule has 1 N–H and O–H groups in total. The number of ether oxygens (including phenoxy) is 1. The van der Waals surface area contributed by atoms with Crippen molar-refractivity contribution in [2.45, 2.75) is 78.0 Å². The van der Waals surface area contributed by atoms with Gasteiger partial charge in [-0.05, 0) is 45.4 Å². The smallest absolute Gasteiger partial charge is 0.240 e. The van der Waals surface area contributed by atoms with Crippen LogP contribution in [0.1, 0.15) is 71.5 Å². The summed E-state index contributed by atoms with van der Waals surface area (Å²) in [6, 6.07) is 0.455. The summed E-state index contributed by atoms with van der Waals surface area (Å²) in [4.78, 5) is 4.60. The first-order valence-corrected chi connectivity index (χ1v) is 8.30. The number of hydrogen-bond donors (Lipinski definition) is 1. The topological polar surface area (TPSA) is 60.2 Å². The van der Waals surface area contributed by atoms with Crippen LogP contribution in [0.2, 0.25) is 0 Å². The zero-order valence-corrected chi connectivity index (χ0v) is 13.8. The van der Waals surface area contributed by atoms with E-state index >= 15 is 0 Å². The normalized spacial score (nSPS) is 27.7. The number of nitrogens with one attached hydrogen (secondary N) is 1. The summed E-state index contributed by atoms with van der Waals surface area (Å²) in [5.41, 5.74) is -0.343. The number of nitrogens with zero attached hydrogens (tertiary/aromatic N) is 2. The Bertz CT molecular complexity index is 431. The van der Waals surface area contributed by atoms with Gasteiger partial charge in [-0.2, -0.15) is 4.98 Å². The molecule has 0 spiro atoms. The van der Waals surface area contributed by atoms with E-state index in [0.717, 1.165) is 31.5 Å². The highest BCUT2D eigenvalue weighted by Crippen LogP contribution is 2.41. The van der Waals surface area contributed by atoms with Crippen LogP contribution in [0.4, 0.5) is 0 Å². The van der Waals surface area contributed by atoms with Gasteiger partial charge in [-0.15, -0.1) is 0 Å². The van der Waals surface area contributed by atoms with E-state index < -0.39 is 0 Å². The molecule has 0 saturated heterocycles. The van der Waals surface area contributed by atoms with Crippen LogP contribution in [0.3, 0.4) is 0 Å². The summed E-state index contributed by atoms with van der Waals surface area (Å²) in [6.45, 7) is 9.93. The van der Waals surface area contributed by atoms with E-state index in [2.05, 4.69) is 36.2 Å². The van der Waals surface area contributed by atoms with Crippen LogP contribution in [-0.4, -0.2) is 22.8 Å². The minimum atomic E-state index is -0.343. The Morgan fingerprint density at radius 1 is 1.48 bits per heavy atom. The van der Waals surface area contributed by atoms with Gasteiger partial charge >= 0.3 is 0 Å². The second-order valence-electron chi connectivity index (χ2n) is 6.33. The van der Waals surface area contributed by atoms with E-state index in [0.29, 0.717) is 31.0 Å². The Kier molecular flexibility index (Phi) is 5.76. The Morgan fingerprint density at radius 3 is 2.95 bits per heavy atom. The summed E-state index contributed by atoms with van der Waals surface area (Å²) in [7, 11) is 0. The molecule has 0 amide bonds. The van der Waals surface area contributed by atoms with Crippen molar-refractivity contribution in [2.24, 2.45) is 5.92 Å². The lowest BCUT2D eigenvalue weighted by atomic mass is 9.78. The van der Waals surface area contributed by atoms with Gasteiger partial charge in [-0.1, -0.05) is 25.4 Å².